The quantitative estimate of drug-likeness (QED) is 0.434. The summed E-state index contributed by atoms with van der Waals surface area (Å²) in [6.45, 7) is 0.543. The lowest BCUT2D eigenvalue weighted by Gasteiger charge is -2.16. The molecular formula is C14H3F11. The Bertz CT molecular complexity index is 822. The molecule has 0 spiro atoms. The van der Waals surface area contributed by atoms with Crippen LogP contribution in [-0.4, -0.2) is 0 Å². The lowest BCUT2D eigenvalue weighted by atomic mass is 9.97. The average Bonchev–Trinajstić information content (AvgIpc) is 2.51. The van der Waals surface area contributed by atoms with Gasteiger partial charge in [0.1, 0.15) is 5.56 Å². The number of alkyl halides is 3. The minimum atomic E-state index is -5.89. The van der Waals surface area contributed by atoms with Crippen molar-refractivity contribution in [1.29, 1.82) is 0 Å². The molecule has 0 unspecified atom stereocenters. The summed E-state index contributed by atoms with van der Waals surface area (Å²) >= 11 is 0. The topological polar surface area (TPSA) is 0 Å². The molecule has 2 aromatic rings. The fraction of sp³-hybridized carbons (Fsp3) is 0.143. The fourth-order valence-electron chi connectivity index (χ4n) is 2.06. The van der Waals surface area contributed by atoms with E-state index in [-0.39, 0.29) is 0 Å². The zero-order chi connectivity index (χ0) is 19.4. The molecule has 0 amide bonds. The third-order valence-electron chi connectivity index (χ3n) is 3.28. The summed E-state index contributed by atoms with van der Waals surface area (Å²) in [6, 6.07) is 0. The Morgan fingerprint density at radius 2 is 0.760 bits per heavy atom. The highest BCUT2D eigenvalue weighted by Crippen LogP contribution is 2.42. The molecule has 0 bridgehead atoms. The van der Waals surface area contributed by atoms with Crippen molar-refractivity contribution in [2.45, 2.75) is 13.1 Å². The van der Waals surface area contributed by atoms with Crippen LogP contribution in [0.1, 0.15) is 11.1 Å². The zero-order valence-electron chi connectivity index (χ0n) is 11.7. The van der Waals surface area contributed by atoms with Crippen LogP contribution in [0.2, 0.25) is 0 Å². The molecule has 2 aromatic carbocycles. The highest BCUT2D eigenvalue weighted by atomic mass is 19.4. The largest absolute Gasteiger partial charge is 0.422 e. The van der Waals surface area contributed by atoms with E-state index in [0.717, 1.165) is 0 Å². The molecule has 0 aromatic heterocycles. The van der Waals surface area contributed by atoms with E-state index in [1.54, 1.807) is 0 Å². The first-order chi connectivity index (χ1) is 11.3. The van der Waals surface area contributed by atoms with Crippen molar-refractivity contribution in [2.24, 2.45) is 0 Å². The summed E-state index contributed by atoms with van der Waals surface area (Å²) in [5, 5.41) is 0. The van der Waals surface area contributed by atoms with E-state index in [1.807, 2.05) is 0 Å². The van der Waals surface area contributed by atoms with Gasteiger partial charge in [-0.25, -0.2) is 35.1 Å². The lowest BCUT2D eigenvalue weighted by Crippen LogP contribution is -2.17. The standard InChI is InChI=1S/C14H3F11/c1-2-6(15)8(17)3(9(18)7(2)16)4-10(19)12(21)5(14(23,24)25)13(22)11(4)20/h1H3. The third kappa shape index (κ3) is 2.71. The van der Waals surface area contributed by atoms with Crippen molar-refractivity contribution >= 4 is 0 Å². The van der Waals surface area contributed by atoms with E-state index >= 15 is 0 Å². The highest BCUT2D eigenvalue weighted by molar-refractivity contribution is 5.68. The van der Waals surface area contributed by atoms with Gasteiger partial charge in [0.05, 0.1) is 11.1 Å². The Hall–Kier alpha value is -2.33. The SMILES string of the molecule is Cc1c(F)c(F)c(-c2c(F)c(F)c(C(F)(F)F)c(F)c2F)c(F)c1F. The summed E-state index contributed by atoms with van der Waals surface area (Å²) in [6.07, 6.45) is -5.89. The van der Waals surface area contributed by atoms with Crippen LogP contribution in [-0.2, 0) is 6.18 Å². The summed E-state index contributed by atoms with van der Waals surface area (Å²) in [4.78, 5) is 0. The van der Waals surface area contributed by atoms with Crippen molar-refractivity contribution in [3.63, 3.8) is 0 Å². The van der Waals surface area contributed by atoms with Gasteiger partial charge in [0.25, 0.3) is 0 Å². The van der Waals surface area contributed by atoms with Gasteiger partial charge in [-0.2, -0.15) is 13.2 Å². The Labute approximate surface area is 131 Å². The molecule has 0 aliphatic carbocycles. The molecule has 0 aliphatic rings. The second-order valence-corrected chi connectivity index (χ2v) is 4.76. The smallest absolute Gasteiger partial charge is 0.203 e. The van der Waals surface area contributed by atoms with E-state index < -0.39 is 75.0 Å². The predicted octanol–water partition coefficient (Wildman–Crippen LogP) is 5.79. The van der Waals surface area contributed by atoms with E-state index in [4.69, 9.17) is 0 Å². The molecule has 0 saturated heterocycles. The second-order valence-electron chi connectivity index (χ2n) is 4.76. The van der Waals surface area contributed by atoms with E-state index in [1.165, 1.54) is 0 Å². The number of benzene rings is 2. The molecule has 0 N–H and O–H groups in total. The highest BCUT2D eigenvalue weighted by Gasteiger charge is 2.43. The minimum absolute atomic E-state index is 0.543. The molecule has 2 rings (SSSR count). The van der Waals surface area contributed by atoms with Crippen molar-refractivity contribution in [3.8, 4) is 11.1 Å². The van der Waals surface area contributed by atoms with Crippen molar-refractivity contribution in [3.05, 3.63) is 57.7 Å². The van der Waals surface area contributed by atoms with Crippen molar-refractivity contribution in [2.75, 3.05) is 0 Å². The minimum Gasteiger partial charge on any atom is -0.203 e. The number of rotatable bonds is 1. The van der Waals surface area contributed by atoms with Crippen LogP contribution in [0.15, 0.2) is 0 Å². The second kappa shape index (κ2) is 5.88. The molecule has 25 heavy (non-hydrogen) atoms. The summed E-state index contributed by atoms with van der Waals surface area (Å²) < 4.78 is 146. The number of halogens is 11. The van der Waals surface area contributed by atoms with E-state index in [0.29, 0.717) is 6.92 Å². The normalized spacial score (nSPS) is 12.0. The van der Waals surface area contributed by atoms with Crippen LogP contribution < -0.4 is 0 Å². The van der Waals surface area contributed by atoms with Gasteiger partial charge in [-0.3, -0.25) is 0 Å². The Morgan fingerprint density at radius 3 is 1.04 bits per heavy atom. The van der Waals surface area contributed by atoms with Gasteiger partial charge in [-0.05, 0) is 6.92 Å². The maximum Gasteiger partial charge on any atom is 0.422 e. The first-order valence-corrected chi connectivity index (χ1v) is 6.08. The number of hydrogen-bond acceptors (Lipinski definition) is 0. The Kier molecular flexibility index (Phi) is 4.47. The average molecular weight is 380 g/mol. The van der Waals surface area contributed by atoms with Gasteiger partial charge in [0.15, 0.2) is 46.5 Å². The Balaban J connectivity index is 3.03. The maximum atomic E-state index is 13.8. The molecule has 0 atom stereocenters. The first-order valence-electron chi connectivity index (χ1n) is 6.08. The van der Waals surface area contributed by atoms with Gasteiger partial charge >= 0.3 is 6.18 Å². The molecule has 0 fully saturated rings. The predicted molar refractivity (Wildman–Crippen MR) is 61.3 cm³/mol. The number of hydrogen-bond donors (Lipinski definition) is 0. The summed E-state index contributed by atoms with van der Waals surface area (Å²) in [5.41, 5.74) is -8.83. The molecule has 11 heteroatoms. The van der Waals surface area contributed by atoms with Crippen LogP contribution in [0.25, 0.3) is 11.1 Å². The van der Waals surface area contributed by atoms with Gasteiger partial charge in [-0.15, -0.1) is 0 Å². The van der Waals surface area contributed by atoms with Crippen LogP contribution >= 0.6 is 0 Å². The summed E-state index contributed by atoms with van der Waals surface area (Å²) in [7, 11) is 0. The molecule has 0 nitrogen and oxygen atoms in total. The molecular weight excluding hydrogens is 377 g/mol. The molecule has 0 radical (unpaired) electrons. The zero-order valence-corrected chi connectivity index (χ0v) is 11.7. The molecule has 136 valence electrons. The van der Waals surface area contributed by atoms with Crippen LogP contribution in [0.5, 0.6) is 0 Å². The van der Waals surface area contributed by atoms with Crippen molar-refractivity contribution < 1.29 is 48.3 Å². The molecule has 0 saturated carbocycles. The van der Waals surface area contributed by atoms with Crippen LogP contribution in [0, 0.1) is 53.5 Å². The van der Waals surface area contributed by atoms with Gasteiger partial charge in [-0.1, -0.05) is 0 Å². The molecule has 0 aliphatic heterocycles. The van der Waals surface area contributed by atoms with Gasteiger partial charge in [0, 0.05) is 5.56 Å². The van der Waals surface area contributed by atoms with Gasteiger partial charge < -0.3 is 0 Å². The van der Waals surface area contributed by atoms with Crippen molar-refractivity contribution in [1.82, 2.24) is 0 Å². The van der Waals surface area contributed by atoms with Crippen LogP contribution in [0.4, 0.5) is 48.3 Å². The van der Waals surface area contributed by atoms with E-state index in [2.05, 4.69) is 0 Å². The monoisotopic (exact) mass is 380 g/mol. The van der Waals surface area contributed by atoms with Gasteiger partial charge in [0.2, 0.25) is 0 Å². The molecule has 0 heterocycles. The van der Waals surface area contributed by atoms with E-state index in [9.17, 15) is 48.3 Å². The first kappa shape index (κ1) is 19.0. The third-order valence-corrected chi connectivity index (χ3v) is 3.28. The van der Waals surface area contributed by atoms with Crippen LogP contribution in [0.3, 0.4) is 0 Å². The maximum absolute atomic E-state index is 13.8. The summed E-state index contributed by atoms with van der Waals surface area (Å²) in [5.74, 6) is -21.0. The lowest BCUT2D eigenvalue weighted by molar-refractivity contribution is -0.143. The Morgan fingerprint density at radius 1 is 0.480 bits per heavy atom. The fourth-order valence-corrected chi connectivity index (χ4v) is 2.06.